The molecule has 2 heterocycles. The molecular weight excluding hydrogens is 304 g/mol. The SMILES string of the molecule is O=C(C[C@@H]1C(=O)Nc2nc3ccccc3n21)NCc1ccccc1. The van der Waals surface area contributed by atoms with E-state index in [-0.39, 0.29) is 18.2 Å². The standard InChI is InChI=1S/C18H16N4O2/c23-16(19-11-12-6-2-1-3-7-12)10-15-17(24)21-18-20-13-8-4-5-9-14(13)22(15)18/h1-9,15H,10-11H2,(H,19,23)(H,20,21,24)/t15-/m1/s1. The molecule has 120 valence electrons. The molecule has 0 saturated carbocycles. The van der Waals surface area contributed by atoms with Crippen LogP contribution in [0.15, 0.2) is 54.6 Å². The van der Waals surface area contributed by atoms with E-state index < -0.39 is 6.04 Å². The number of nitrogens with zero attached hydrogens (tertiary/aromatic N) is 2. The number of hydrogen-bond acceptors (Lipinski definition) is 3. The molecular formula is C18H16N4O2. The zero-order chi connectivity index (χ0) is 16.5. The molecule has 2 amide bonds. The molecule has 1 aliphatic heterocycles. The summed E-state index contributed by atoms with van der Waals surface area (Å²) in [5, 5.41) is 5.61. The van der Waals surface area contributed by atoms with Gasteiger partial charge in [0.2, 0.25) is 17.8 Å². The molecule has 0 unspecified atom stereocenters. The maximum absolute atomic E-state index is 12.3. The van der Waals surface area contributed by atoms with Gasteiger partial charge in [0.1, 0.15) is 6.04 Å². The predicted molar refractivity (Wildman–Crippen MR) is 90.3 cm³/mol. The van der Waals surface area contributed by atoms with Crippen molar-refractivity contribution in [2.75, 3.05) is 5.32 Å². The molecule has 4 rings (SSSR count). The number of amides is 2. The number of carbonyl (C=O) groups excluding carboxylic acids is 2. The number of benzene rings is 2. The Kier molecular flexibility index (Phi) is 3.49. The molecule has 3 aromatic rings. The Labute approximate surface area is 138 Å². The molecule has 0 saturated heterocycles. The van der Waals surface area contributed by atoms with E-state index >= 15 is 0 Å². The zero-order valence-corrected chi connectivity index (χ0v) is 12.9. The van der Waals surface area contributed by atoms with Crippen molar-refractivity contribution < 1.29 is 9.59 Å². The lowest BCUT2D eigenvalue weighted by atomic mass is 10.1. The summed E-state index contributed by atoms with van der Waals surface area (Å²) in [5.41, 5.74) is 2.68. The predicted octanol–water partition coefficient (Wildman–Crippen LogP) is 2.24. The van der Waals surface area contributed by atoms with Crippen molar-refractivity contribution in [1.82, 2.24) is 14.9 Å². The number of para-hydroxylation sites is 2. The number of carbonyl (C=O) groups is 2. The van der Waals surface area contributed by atoms with Gasteiger partial charge in [0.25, 0.3) is 0 Å². The summed E-state index contributed by atoms with van der Waals surface area (Å²) < 4.78 is 1.81. The van der Waals surface area contributed by atoms with Crippen LogP contribution in [-0.2, 0) is 16.1 Å². The lowest BCUT2D eigenvalue weighted by Crippen LogP contribution is -2.28. The molecule has 6 heteroatoms. The first-order valence-corrected chi connectivity index (χ1v) is 7.81. The van der Waals surface area contributed by atoms with E-state index in [1.165, 1.54) is 0 Å². The molecule has 0 fully saturated rings. The van der Waals surface area contributed by atoms with Crippen molar-refractivity contribution in [2.45, 2.75) is 19.0 Å². The fourth-order valence-electron chi connectivity index (χ4n) is 2.99. The van der Waals surface area contributed by atoms with Crippen LogP contribution in [0.3, 0.4) is 0 Å². The summed E-state index contributed by atoms with van der Waals surface area (Å²) in [4.78, 5) is 28.8. The summed E-state index contributed by atoms with van der Waals surface area (Å²) in [7, 11) is 0. The molecule has 1 aliphatic rings. The molecule has 1 aromatic heterocycles. The van der Waals surface area contributed by atoms with Gasteiger partial charge in [-0.15, -0.1) is 0 Å². The van der Waals surface area contributed by atoms with E-state index in [0.717, 1.165) is 16.6 Å². The zero-order valence-electron chi connectivity index (χ0n) is 12.9. The van der Waals surface area contributed by atoms with Gasteiger partial charge in [-0.05, 0) is 17.7 Å². The molecule has 0 aliphatic carbocycles. The van der Waals surface area contributed by atoms with Gasteiger partial charge in [-0.2, -0.15) is 0 Å². The van der Waals surface area contributed by atoms with Crippen LogP contribution >= 0.6 is 0 Å². The largest absolute Gasteiger partial charge is 0.352 e. The second-order valence-corrected chi connectivity index (χ2v) is 5.77. The number of nitrogens with one attached hydrogen (secondary N) is 2. The van der Waals surface area contributed by atoms with Gasteiger partial charge in [0.15, 0.2) is 0 Å². The van der Waals surface area contributed by atoms with Crippen LogP contribution in [0.25, 0.3) is 11.0 Å². The van der Waals surface area contributed by atoms with Crippen LogP contribution in [0, 0.1) is 0 Å². The Morgan fingerprint density at radius 1 is 1.12 bits per heavy atom. The minimum absolute atomic E-state index is 0.0893. The average Bonchev–Trinajstić information content (AvgIpc) is 3.10. The van der Waals surface area contributed by atoms with E-state index in [1.54, 1.807) is 4.57 Å². The van der Waals surface area contributed by atoms with Crippen molar-refractivity contribution >= 4 is 28.8 Å². The van der Waals surface area contributed by atoms with Crippen LogP contribution in [0.5, 0.6) is 0 Å². The van der Waals surface area contributed by atoms with Crippen molar-refractivity contribution in [2.24, 2.45) is 0 Å². The van der Waals surface area contributed by atoms with Gasteiger partial charge in [0.05, 0.1) is 17.5 Å². The van der Waals surface area contributed by atoms with Gasteiger partial charge in [-0.3, -0.25) is 19.5 Å². The van der Waals surface area contributed by atoms with Crippen molar-refractivity contribution in [1.29, 1.82) is 0 Å². The minimum atomic E-state index is -0.567. The molecule has 6 nitrogen and oxygen atoms in total. The Morgan fingerprint density at radius 3 is 2.71 bits per heavy atom. The van der Waals surface area contributed by atoms with Crippen molar-refractivity contribution in [3.63, 3.8) is 0 Å². The molecule has 0 bridgehead atoms. The first kappa shape index (κ1) is 14.4. The molecule has 0 spiro atoms. The summed E-state index contributed by atoms with van der Waals surface area (Å²) >= 11 is 0. The van der Waals surface area contributed by atoms with Gasteiger partial charge in [-0.25, -0.2) is 4.98 Å². The minimum Gasteiger partial charge on any atom is -0.352 e. The lowest BCUT2D eigenvalue weighted by Gasteiger charge is -2.12. The normalized spacial score (nSPS) is 16.0. The maximum Gasteiger partial charge on any atom is 0.250 e. The van der Waals surface area contributed by atoms with Crippen LogP contribution in [0.4, 0.5) is 5.95 Å². The van der Waals surface area contributed by atoms with E-state index in [0.29, 0.717) is 12.5 Å². The molecule has 2 N–H and O–H groups in total. The topological polar surface area (TPSA) is 76.0 Å². The Balaban J connectivity index is 1.51. The van der Waals surface area contributed by atoms with E-state index in [1.807, 2.05) is 54.6 Å². The fourth-order valence-corrected chi connectivity index (χ4v) is 2.99. The highest BCUT2D eigenvalue weighted by Crippen LogP contribution is 2.31. The highest BCUT2D eigenvalue weighted by atomic mass is 16.2. The number of anilines is 1. The Bertz CT molecular complexity index is 917. The van der Waals surface area contributed by atoms with Gasteiger partial charge >= 0.3 is 0 Å². The van der Waals surface area contributed by atoms with E-state index in [2.05, 4.69) is 15.6 Å². The van der Waals surface area contributed by atoms with Crippen LogP contribution in [0.1, 0.15) is 18.0 Å². The third kappa shape index (κ3) is 2.52. The van der Waals surface area contributed by atoms with Crippen LogP contribution < -0.4 is 10.6 Å². The Morgan fingerprint density at radius 2 is 1.88 bits per heavy atom. The highest BCUT2D eigenvalue weighted by Gasteiger charge is 2.34. The molecule has 1 atom stereocenters. The average molecular weight is 320 g/mol. The third-order valence-corrected chi connectivity index (χ3v) is 4.16. The summed E-state index contributed by atoms with van der Waals surface area (Å²) in [5.74, 6) is 0.143. The quantitative estimate of drug-likeness (QED) is 0.774. The summed E-state index contributed by atoms with van der Waals surface area (Å²) in [6, 6.07) is 16.7. The second-order valence-electron chi connectivity index (χ2n) is 5.77. The number of imidazole rings is 1. The van der Waals surface area contributed by atoms with Gasteiger partial charge < -0.3 is 5.32 Å². The van der Waals surface area contributed by atoms with Crippen LogP contribution in [-0.4, -0.2) is 21.4 Å². The van der Waals surface area contributed by atoms with Crippen molar-refractivity contribution in [3.8, 4) is 0 Å². The Hall–Kier alpha value is -3.15. The fraction of sp³-hybridized carbons (Fsp3) is 0.167. The first-order valence-electron chi connectivity index (χ1n) is 7.81. The highest BCUT2D eigenvalue weighted by molar-refractivity contribution is 6.01. The number of hydrogen-bond donors (Lipinski definition) is 2. The smallest absolute Gasteiger partial charge is 0.250 e. The molecule has 0 radical (unpaired) electrons. The van der Waals surface area contributed by atoms with E-state index in [4.69, 9.17) is 0 Å². The van der Waals surface area contributed by atoms with Crippen molar-refractivity contribution in [3.05, 3.63) is 60.2 Å². The molecule has 2 aromatic carbocycles. The summed E-state index contributed by atoms with van der Waals surface area (Å²) in [6.45, 7) is 0.450. The second kappa shape index (κ2) is 5.81. The maximum atomic E-state index is 12.3. The lowest BCUT2D eigenvalue weighted by molar-refractivity contribution is -0.126. The first-order chi connectivity index (χ1) is 11.7. The van der Waals surface area contributed by atoms with E-state index in [9.17, 15) is 9.59 Å². The molecule has 24 heavy (non-hydrogen) atoms. The number of fused-ring (bicyclic) bond motifs is 3. The van der Waals surface area contributed by atoms with Gasteiger partial charge in [-0.1, -0.05) is 42.5 Å². The van der Waals surface area contributed by atoms with Gasteiger partial charge in [0, 0.05) is 6.54 Å². The monoisotopic (exact) mass is 320 g/mol. The number of rotatable bonds is 4. The third-order valence-electron chi connectivity index (χ3n) is 4.16. The van der Waals surface area contributed by atoms with Crippen LogP contribution in [0.2, 0.25) is 0 Å². The number of aromatic nitrogens is 2. The summed E-state index contributed by atoms with van der Waals surface area (Å²) in [6.07, 6.45) is 0.0893.